The number of nitrogens with one attached hydrogen (secondary N) is 2. The Kier molecular flexibility index (Phi) is 6.69. The van der Waals surface area contributed by atoms with E-state index in [9.17, 15) is 13.5 Å². The fourth-order valence-electron chi connectivity index (χ4n) is 5.78. The monoisotopic (exact) mass is 491 g/mol. The highest BCUT2D eigenvalue weighted by Crippen LogP contribution is 2.32. The van der Waals surface area contributed by atoms with E-state index in [4.69, 9.17) is 4.98 Å². The Morgan fingerprint density at radius 3 is 2.50 bits per heavy atom. The molecule has 188 valence electrons. The first-order chi connectivity index (χ1) is 16.3. The van der Waals surface area contributed by atoms with Crippen molar-refractivity contribution in [3.05, 3.63) is 6.33 Å². The van der Waals surface area contributed by atoms with Crippen LogP contribution in [0.4, 0.5) is 11.8 Å². The number of fused-ring (bicyclic) bond motifs is 1. The minimum atomic E-state index is -3.09. The lowest BCUT2D eigenvalue weighted by molar-refractivity contribution is 0.0598. The van der Waals surface area contributed by atoms with Gasteiger partial charge in [-0.15, -0.1) is 0 Å². The maximum absolute atomic E-state index is 12.6. The predicted octanol–water partition coefficient (Wildman–Crippen LogP) is 1.93. The summed E-state index contributed by atoms with van der Waals surface area (Å²) in [6.45, 7) is 6.63. The van der Waals surface area contributed by atoms with Crippen LogP contribution in [0, 0.1) is 0 Å². The van der Waals surface area contributed by atoms with E-state index in [1.54, 1.807) is 20.2 Å². The zero-order valence-electron chi connectivity index (χ0n) is 20.2. The van der Waals surface area contributed by atoms with Gasteiger partial charge in [0, 0.05) is 38.3 Å². The molecule has 1 saturated carbocycles. The van der Waals surface area contributed by atoms with Gasteiger partial charge in [0.2, 0.25) is 5.95 Å². The van der Waals surface area contributed by atoms with Gasteiger partial charge in [0.1, 0.15) is 5.52 Å². The smallest absolute Gasteiger partial charge is 0.229 e. The summed E-state index contributed by atoms with van der Waals surface area (Å²) in [7, 11) is -3.09. The van der Waals surface area contributed by atoms with Crippen LogP contribution in [0.25, 0.3) is 11.2 Å². The van der Waals surface area contributed by atoms with Gasteiger partial charge in [0.05, 0.1) is 22.9 Å². The van der Waals surface area contributed by atoms with Crippen LogP contribution in [0.5, 0.6) is 0 Å². The standard InChI is InChI=1S/C23H37N7O3S/c1-15(2)34(32,33)17-8-12-30(13-9-17)23-27-21-20(24-14-25-21)22(28-23)26-18-4-3-5-19(18)29-10-6-16(31)7-11-29/h14-19,31H,3-13H2,1-2H3,(H2,24,25,26,27,28). The van der Waals surface area contributed by atoms with Crippen molar-refractivity contribution in [1.29, 1.82) is 0 Å². The fraction of sp³-hybridized carbons (Fsp3) is 0.783. The second kappa shape index (κ2) is 9.58. The Morgan fingerprint density at radius 1 is 1.06 bits per heavy atom. The van der Waals surface area contributed by atoms with Gasteiger partial charge in [-0.1, -0.05) is 0 Å². The Hall–Kier alpha value is -1.98. The fourth-order valence-corrected chi connectivity index (χ4v) is 7.41. The van der Waals surface area contributed by atoms with Crippen molar-refractivity contribution in [2.45, 2.75) is 87.5 Å². The van der Waals surface area contributed by atoms with Gasteiger partial charge in [-0.25, -0.2) is 13.4 Å². The third-order valence-corrected chi connectivity index (χ3v) is 10.6. The van der Waals surface area contributed by atoms with E-state index < -0.39 is 9.84 Å². The Morgan fingerprint density at radius 2 is 1.79 bits per heavy atom. The topological polar surface area (TPSA) is 127 Å². The SMILES string of the molecule is CC(C)S(=O)(=O)C1CCN(c2nc(NC3CCCC3N3CCC(O)CC3)c3[nH]cnc3n2)CC1. The Labute approximate surface area is 201 Å². The average molecular weight is 492 g/mol. The third-order valence-electron chi connectivity index (χ3n) is 7.89. The summed E-state index contributed by atoms with van der Waals surface area (Å²) in [5.41, 5.74) is 1.43. The van der Waals surface area contributed by atoms with Gasteiger partial charge in [0.25, 0.3) is 0 Å². The summed E-state index contributed by atoms with van der Waals surface area (Å²) in [6.07, 6.45) is 7.75. The van der Waals surface area contributed by atoms with Crippen LogP contribution in [0.15, 0.2) is 6.33 Å². The molecule has 1 aliphatic carbocycles. The number of imidazole rings is 1. The normalized spacial score (nSPS) is 26.1. The number of aromatic amines is 1. The van der Waals surface area contributed by atoms with Crippen molar-refractivity contribution in [2.24, 2.45) is 0 Å². The third kappa shape index (κ3) is 4.61. The molecule has 2 aliphatic heterocycles. The summed E-state index contributed by atoms with van der Waals surface area (Å²) >= 11 is 0. The molecule has 2 aromatic rings. The number of sulfone groups is 1. The number of hydrogen-bond donors (Lipinski definition) is 3. The van der Waals surface area contributed by atoms with Crippen LogP contribution >= 0.6 is 0 Å². The van der Waals surface area contributed by atoms with Crippen LogP contribution < -0.4 is 10.2 Å². The van der Waals surface area contributed by atoms with Gasteiger partial charge < -0.3 is 20.3 Å². The van der Waals surface area contributed by atoms with Crippen molar-refractivity contribution in [2.75, 3.05) is 36.4 Å². The van der Waals surface area contributed by atoms with Gasteiger partial charge in [-0.2, -0.15) is 9.97 Å². The lowest BCUT2D eigenvalue weighted by Crippen LogP contribution is -2.48. The van der Waals surface area contributed by atoms with Crippen molar-refractivity contribution in [1.82, 2.24) is 24.8 Å². The van der Waals surface area contributed by atoms with Crippen LogP contribution in [0.1, 0.15) is 58.8 Å². The van der Waals surface area contributed by atoms with Crippen molar-refractivity contribution >= 4 is 32.8 Å². The summed E-state index contributed by atoms with van der Waals surface area (Å²) in [5, 5.41) is 13.0. The number of nitrogens with zero attached hydrogens (tertiary/aromatic N) is 5. The van der Waals surface area contributed by atoms with Gasteiger partial charge in [0.15, 0.2) is 21.3 Å². The van der Waals surface area contributed by atoms with Crippen molar-refractivity contribution in [3.63, 3.8) is 0 Å². The Balaban J connectivity index is 1.33. The number of H-pyrrole nitrogens is 1. The summed E-state index contributed by atoms with van der Waals surface area (Å²) in [5.74, 6) is 1.38. The number of aromatic nitrogens is 4. The van der Waals surface area contributed by atoms with Gasteiger partial charge in [-0.3, -0.25) is 4.90 Å². The molecule has 2 aromatic heterocycles. The van der Waals surface area contributed by atoms with Crippen molar-refractivity contribution < 1.29 is 13.5 Å². The molecule has 2 saturated heterocycles. The predicted molar refractivity (Wildman–Crippen MR) is 133 cm³/mol. The van der Waals surface area contributed by atoms with Crippen molar-refractivity contribution in [3.8, 4) is 0 Å². The zero-order chi connectivity index (χ0) is 23.9. The van der Waals surface area contributed by atoms with Crippen LogP contribution in [-0.4, -0.2) is 93.2 Å². The second-order valence-corrected chi connectivity index (χ2v) is 13.1. The number of anilines is 2. The maximum Gasteiger partial charge on any atom is 0.229 e. The molecule has 11 heteroatoms. The molecule has 0 bridgehead atoms. The lowest BCUT2D eigenvalue weighted by atomic mass is 10.0. The number of hydrogen-bond acceptors (Lipinski definition) is 9. The highest BCUT2D eigenvalue weighted by atomic mass is 32.2. The highest BCUT2D eigenvalue weighted by Gasteiger charge is 2.36. The average Bonchev–Trinajstić information content (AvgIpc) is 3.49. The number of likely N-dealkylation sites (tertiary alicyclic amines) is 1. The minimum Gasteiger partial charge on any atom is -0.393 e. The molecule has 0 spiro atoms. The first-order valence-electron chi connectivity index (χ1n) is 12.7. The second-order valence-electron chi connectivity index (χ2n) is 10.3. The summed E-state index contributed by atoms with van der Waals surface area (Å²) in [6, 6.07) is 0.715. The Bertz CT molecular complexity index is 1090. The summed E-state index contributed by atoms with van der Waals surface area (Å²) in [4.78, 5) is 21.8. The van der Waals surface area contributed by atoms with E-state index >= 15 is 0 Å². The largest absolute Gasteiger partial charge is 0.393 e. The first kappa shape index (κ1) is 23.7. The molecule has 3 fully saturated rings. The van der Waals surface area contributed by atoms with E-state index in [1.165, 1.54) is 6.42 Å². The molecular formula is C23H37N7O3S. The highest BCUT2D eigenvalue weighted by molar-refractivity contribution is 7.92. The molecule has 0 aromatic carbocycles. The van der Waals surface area contributed by atoms with E-state index in [-0.39, 0.29) is 22.6 Å². The van der Waals surface area contributed by atoms with E-state index in [0.717, 1.165) is 50.1 Å². The molecule has 4 heterocycles. The molecule has 0 amide bonds. The van der Waals surface area contributed by atoms with Gasteiger partial charge in [-0.05, 0) is 58.8 Å². The summed E-state index contributed by atoms with van der Waals surface area (Å²) < 4.78 is 25.2. The molecular weight excluding hydrogens is 454 g/mol. The molecule has 10 nitrogen and oxygen atoms in total. The number of aliphatic hydroxyl groups is 1. The molecule has 0 radical (unpaired) electrons. The maximum atomic E-state index is 12.6. The van der Waals surface area contributed by atoms with E-state index in [2.05, 4.69) is 30.1 Å². The molecule has 2 atom stereocenters. The zero-order valence-corrected chi connectivity index (χ0v) is 21.0. The quantitative estimate of drug-likeness (QED) is 0.555. The molecule has 34 heavy (non-hydrogen) atoms. The van der Waals surface area contributed by atoms with Crippen LogP contribution in [0.2, 0.25) is 0 Å². The first-order valence-corrected chi connectivity index (χ1v) is 14.3. The molecule has 2 unspecified atom stereocenters. The molecule has 5 rings (SSSR count). The number of rotatable bonds is 6. The van der Waals surface area contributed by atoms with Crippen LogP contribution in [-0.2, 0) is 9.84 Å². The molecule has 3 N–H and O–H groups in total. The number of aliphatic hydroxyl groups excluding tert-OH is 1. The minimum absolute atomic E-state index is 0.169. The molecule has 3 aliphatic rings. The van der Waals surface area contributed by atoms with Crippen LogP contribution in [0.3, 0.4) is 0 Å². The van der Waals surface area contributed by atoms with E-state index in [1.807, 2.05) is 0 Å². The van der Waals surface area contributed by atoms with Gasteiger partial charge >= 0.3 is 0 Å². The number of piperidine rings is 2. The lowest BCUT2D eigenvalue weighted by Gasteiger charge is -2.37. The van der Waals surface area contributed by atoms with E-state index in [0.29, 0.717) is 43.6 Å².